The molecule has 0 spiro atoms. The van der Waals surface area contributed by atoms with Crippen molar-refractivity contribution >= 4 is 0 Å². The van der Waals surface area contributed by atoms with Gasteiger partial charge in [-0.1, -0.05) is 30.3 Å². The van der Waals surface area contributed by atoms with E-state index in [0.29, 0.717) is 30.5 Å². The number of halogens is 2. The molecule has 1 saturated carbocycles. The van der Waals surface area contributed by atoms with Crippen molar-refractivity contribution in [3.63, 3.8) is 0 Å². The zero-order valence-electron chi connectivity index (χ0n) is 12.7. The molecular formula is C18H19F2NO2. The zero-order chi connectivity index (χ0) is 16.4. The molecule has 2 aromatic rings. The van der Waals surface area contributed by atoms with Gasteiger partial charge in [0, 0.05) is 24.6 Å². The molecule has 23 heavy (non-hydrogen) atoms. The molecule has 1 heterocycles. The number of aromatic amines is 1. The summed E-state index contributed by atoms with van der Waals surface area (Å²) < 4.78 is 26.4. The third kappa shape index (κ3) is 3.60. The number of benzene rings is 1. The summed E-state index contributed by atoms with van der Waals surface area (Å²) in [7, 11) is 0. The van der Waals surface area contributed by atoms with E-state index in [4.69, 9.17) is 0 Å². The minimum Gasteiger partial charge on any atom is -0.507 e. The first-order valence-electron chi connectivity index (χ1n) is 7.83. The number of rotatable bonds is 3. The van der Waals surface area contributed by atoms with Crippen LogP contribution < -0.4 is 5.56 Å². The molecule has 0 bridgehead atoms. The fourth-order valence-electron chi connectivity index (χ4n) is 3.21. The van der Waals surface area contributed by atoms with Gasteiger partial charge in [0.05, 0.1) is 5.56 Å². The maximum atomic E-state index is 13.2. The molecule has 1 fully saturated rings. The maximum absolute atomic E-state index is 13.2. The summed E-state index contributed by atoms with van der Waals surface area (Å²) >= 11 is 0. The average Bonchev–Trinajstić information content (AvgIpc) is 2.50. The Labute approximate surface area is 133 Å². The zero-order valence-corrected chi connectivity index (χ0v) is 12.7. The molecule has 0 aliphatic heterocycles. The minimum atomic E-state index is -2.55. The summed E-state index contributed by atoms with van der Waals surface area (Å²) in [5.41, 5.74) is 1.13. The molecule has 1 aliphatic rings. The molecule has 0 unspecified atom stereocenters. The normalized spacial score (nSPS) is 18.0. The highest BCUT2D eigenvalue weighted by Gasteiger charge is 2.34. The first-order chi connectivity index (χ1) is 10.9. The molecule has 5 heteroatoms. The Morgan fingerprint density at radius 1 is 1.17 bits per heavy atom. The molecule has 3 nitrogen and oxygen atoms in total. The lowest BCUT2D eigenvalue weighted by atomic mass is 9.84. The van der Waals surface area contributed by atoms with Crippen molar-refractivity contribution in [2.75, 3.05) is 0 Å². The Hall–Kier alpha value is -2.17. The molecule has 1 aliphatic carbocycles. The second-order valence-electron chi connectivity index (χ2n) is 6.25. The van der Waals surface area contributed by atoms with Crippen molar-refractivity contribution in [1.29, 1.82) is 0 Å². The SMILES string of the molecule is O=c1[nH]c(CC2CCC(F)(F)CC2)cc(O)c1-c1ccccc1. The molecule has 0 amide bonds. The number of H-pyrrole nitrogens is 1. The fourth-order valence-corrected chi connectivity index (χ4v) is 3.21. The maximum Gasteiger partial charge on any atom is 0.259 e. The Morgan fingerprint density at radius 3 is 2.43 bits per heavy atom. The van der Waals surface area contributed by atoms with Gasteiger partial charge in [0.1, 0.15) is 5.75 Å². The minimum absolute atomic E-state index is 0.0731. The lowest BCUT2D eigenvalue weighted by molar-refractivity contribution is -0.0457. The predicted octanol–water partition coefficient (Wildman–Crippen LogP) is 4.12. The first-order valence-corrected chi connectivity index (χ1v) is 7.83. The van der Waals surface area contributed by atoms with E-state index in [1.165, 1.54) is 6.07 Å². The van der Waals surface area contributed by atoms with E-state index in [2.05, 4.69) is 4.98 Å². The summed E-state index contributed by atoms with van der Waals surface area (Å²) in [5, 5.41) is 10.2. The van der Waals surface area contributed by atoms with Gasteiger partial charge in [-0.25, -0.2) is 8.78 Å². The number of nitrogens with one attached hydrogen (secondary N) is 1. The fraction of sp³-hybridized carbons (Fsp3) is 0.389. The summed E-state index contributed by atoms with van der Waals surface area (Å²) in [4.78, 5) is 15.1. The van der Waals surface area contributed by atoms with Gasteiger partial charge in [-0.3, -0.25) is 4.79 Å². The highest BCUT2D eigenvalue weighted by atomic mass is 19.3. The molecule has 0 radical (unpaired) electrons. The lowest BCUT2D eigenvalue weighted by Gasteiger charge is -2.28. The number of pyridine rings is 1. The van der Waals surface area contributed by atoms with Crippen LogP contribution in [-0.2, 0) is 6.42 Å². The lowest BCUT2D eigenvalue weighted by Crippen LogP contribution is -2.26. The van der Waals surface area contributed by atoms with Crippen molar-refractivity contribution in [3.8, 4) is 16.9 Å². The van der Waals surface area contributed by atoms with E-state index >= 15 is 0 Å². The quantitative estimate of drug-likeness (QED) is 0.894. The van der Waals surface area contributed by atoms with E-state index < -0.39 is 5.92 Å². The highest BCUT2D eigenvalue weighted by Crippen LogP contribution is 2.37. The Balaban J connectivity index is 1.80. The predicted molar refractivity (Wildman–Crippen MR) is 84.8 cm³/mol. The van der Waals surface area contributed by atoms with Crippen LogP contribution in [0.5, 0.6) is 5.75 Å². The Kier molecular flexibility index (Phi) is 4.20. The summed E-state index contributed by atoms with van der Waals surface area (Å²) in [6, 6.07) is 10.5. The van der Waals surface area contributed by atoms with Crippen LogP contribution in [0.15, 0.2) is 41.2 Å². The van der Waals surface area contributed by atoms with Gasteiger partial charge in [-0.2, -0.15) is 0 Å². The number of hydrogen-bond acceptors (Lipinski definition) is 2. The third-order valence-corrected chi connectivity index (χ3v) is 4.48. The smallest absolute Gasteiger partial charge is 0.259 e. The molecule has 0 atom stereocenters. The van der Waals surface area contributed by atoms with Gasteiger partial charge in [-0.15, -0.1) is 0 Å². The Bertz CT molecular complexity index is 730. The largest absolute Gasteiger partial charge is 0.507 e. The molecule has 122 valence electrons. The Morgan fingerprint density at radius 2 is 1.83 bits per heavy atom. The second-order valence-corrected chi connectivity index (χ2v) is 6.25. The number of aromatic nitrogens is 1. The van der Waals surface area contributed by atoms with Crippen LogP contribution in [0.4, 0.5) is 8.78 Å². The van der Waals surface area contributed by atoms with Gasteiger partial charge in [0.15, 0.2) is 0 Å². The average molecular weight is 319 g/mol. The van der Waals surface area contributed by atoms with Crippen molar-refractivity contribution < 1.29 is 13.9 Å². The number of alkyl halides is 2. The van der Waals surface area contributed by atoms with Gasteiger partial charge in [0.2, 0.25) is 5.92 Å². The van der Waals surface area contributed by atoms with Crippen LogP contribution in [0.3, 0.4) is 0 Å². The molecule has 1 aromatic heterocycles. The van der Waals surface area contributed by atoms with Crippen molar-refractivity contribution in [2.45, 2.75) is 38.0 Å². The van der Waals surface area contributed by atoms with E-state index in [1.807, 2.05) is 6.07 Å². The summed E-state index contributed by atoms with van der Waals surface area (Å²) in [5.74, 6) is -2.51. The van der Waals surface area contributed by atoms with Crippen LogP contribution in [0, 0.1) is 5.92 Å². The summed E-state index contributed by atoms with van der Waals surface area (Å²) in [6.07, 6.45) is 1.19. The first kappa shape index (κ1) is 15.7. The number of hydrogen-bond donors (Lipinski definition) is 2. The van der Waals surface area contributed by atoms with Gasteiger partial charge in [0.25, 0.3) is 5.56 Å². The van der Waals surface area contributed by atoms with Crippen LogP contribution in [0.2, 0.25) is 0 Å². The second kappa shape index (κ2) is 6.14. The van der Waals surface area contributed by atoms with E-state index in [-0.39, 0.29) is 35.6 Å². The van der Waals surface area contributed by atoms with Crippen LogP contribution in [0.25, 0.3) is 11.1 Å². The van der Waals surface area contributed by atoms with Crippen LogP contribution in [0.1, 0.15) is 31.4 Å². The molecule has 2 N–H and O–H groups in total. The van der Waals surface area contributed by atoms with Crippen LogP contribution >= 0.6 is 0 Å². The van der Waals surface area contributed by atoms with Crippen molar-refractivity contribution in [2.24, 2.45) is 5.92 Å². The van der Waals surface area contributed by atoms with E-state index in [9.17, 15) is 18.7 Å². The standard InChI is InChI=1S/C18H19F2NO2/c19-18(20)8-6-12(7-9-18)10-14-11-15(22)16(17(23)21-14)13-4-2-1-3-5-13/h1-5,11-12H,6-10H2,(H2,21,22,23). The van der Waals surface area contributed by atoms with Crippen LogP contribution in [-0.4, -0.2) is 16.0 Å². The molecule has 1 aromatic carbocycles. The van der Waals surface area contributed by atoms with Gasteiger partial charge < -0.3 is 10.1 Å². The monoisotopic (exact) mass is 319 g/mol. The van der Waals surface area contributed by atoms with Crippen molar-refractivity contribution in [3.05, 3.63) is 52.4 Å². The molecule has 0 saturated heterocycles. The topological polar surface area (TPSA) is 53.1 Å². The van der Waals surface area contributed by atoms with Crippen molar-refractivity contribution in [1.82, 2.24) is 4.98 Å². The van der Waals surface area contributed by atoms with E-state index in [0.717, 1.165) is 0 Å². The summed E-state index contributed by atoms with van der Waals surface area (Å²) in [6.45, 7) is 0. The number of aromatic hydroxyl groups is 1. The van der Waals surface area contributed by atoms with E-state index in [1.54, 1.807) is 24.3 Å². The molecule has 3 rings (SSSR count). The van der Waals surface area contributed by atoms with Gasteiger partial charge in [-0.05, 0) is 30.7 Å². The van der Waals surface area contributed by atoms with Gasteiger partial charge >= 0.3 is 0 Å². The highest BCUT2D eigenvalue weighted by molar-refractivity contribution is 5.68. The third-order valence-electron chi connectivity index (χ3n) is 4.48. The molecular weight excluding hydrogens is 300 g/mol.